The molecule has 0 radical (unpaired) electrons. The number of amides is 3. The number of carbonyl (C=O) groups excluding carboxylic acids is 3. The van der Waals surface area contributed by atoms with E-state index in [0.29, 0.717) is 12.6 Å². The molecule has 5 nitrogen and oxygen atoms in total. The van der Waals surface area contributed by atoms with E-state index < -0.39 is 0 Å². The monoisotopic (exact) mass is 306 g/mol. The zero-order valence-corrected chi connectivity index (χ0v) is 13.4. The minimum absolute atomic E-state index is 0.0466. The van der Waals surface area contributed by atoms with Crippen LogP contribution in [-0.2, 0) is 14.4 Å². The molecule has 2 saturated carbocycles. The van der Waals surface area contributed by atoms with Crippen molar-refractivity contribution in [2.24, 2.45) is 11.8 Å². The van der Waals surface area contributed by atoms with Crippen molar-refractivity contribution in [3.63, 3.8) is 0 Å². The molecular weight excluding hydrogens is 280 g/mol. The maximum absolute atomic E-state index is 12.6. The van der Waals surface area contributed by atoms with Gasteiger partial charge in [0, 0.05) is 12.6 Å². The van der Waals surface area contributed by atoms with Gasteiger partial charge in [0.05, 0.1) is 11.8 Å². The second kappa shape index (κ2) is 6.39. The van der Waals surface area contributed by atoms with Gasteiger partial charge < -0.3 is 4.90 Å². The number of nitrogens with zero attached hydrogens (tertiary/aromatic N) is 2. The zero-order chi connectivity index (χ0) is 15.7. The molecule has 0 N–H and O–H groups in total. The van der Waals surface area contributed by atoms with Gasteiger partial charge in [0.15, 0.2) is 0 Å². The molecule has 3 amide bonds. The molecule has 0 aromatic carbocycles. The van der Waals surface area contributed by atoms with Crippen molar-refractivity contribution >= 4 is 17.7 Å². The van der Waals surface area contributed by atoms with Crippen LogP contribution in [-0.4, -0.2) is 46.7 Å². The summed E-state index contributed by atoms with van der Waals surface area (Å²) < 4.78 is 0. The van der Waals surface area contributed by atoms with E-state index in [1.54, 1.807) is 0 Å². The smallest absolute Gasteiger partial charge is 0.242 e. The minimum Gasteiger partial charge on any atom is -0.338 e. The van der Waals surface area contributed by atoms with Crippen LogP contribution in [0, 0.1) is 11.8 Å². The van der Waals surface area contributed by atoms with Crippen LogP contribution in [0.3, 0.4) is 0 Å². The van der Waals surface area contributed by atoms with Crippen molar-refractivity contribution in [2.45, 2.75) is 64.3 Å². The summed E-state index contributed by atoms with van der Waals surface area (Å²) in [5.74, 6) is -0.586. The maximum Gasteiger partial charge on any atom is 0.242 e. The first-order chi connectivity index (χ1) is 10.6. The summed E-state index contributed by atoms with van der Waals surface area (Å²) in [6.45, 7) is 2.59. The molecule has 3 fully saturated rings. The van der Waals surface area contributed by atoms with Crippen LogP contribution >= 0.6 is 0 Å². The fourth-order valence-corrected chi connectivity index (χ4v) is 4.47. The van der Waals surface area contributed by atoms with E-state index in [1.165, 1.54) is 17.7 Å². The van der Waals surface area contributed by atoms with Crippen molar-refractivity contribution in [2.75, 3.05) is 13.1 Å². The Morgan fingerprint density at radius 3 is 2.00 bits per heavy atom. The van der Waals surface area contributed by atoms with Gasteiger partial charge in [0.25, 0.3) is 0 Å². The molecule has 5 heteroatoms. The molecule has 1 aliphatic heterocycles. The van der Waals surface area contributed by atoms with Gasteiger partial charge in [-0.05, 0) is 32.6 Å². The SMILES string of the molecule is CCN(C(=O)CN1C(=O)C2CCCCC2C1=O)C1CCCC1. The Kier molecular flexibility index (Phi) is 4.50. The highest BCUT2D eigenvalue weighted by molar-refractivity contribution is 6.07. The number of carbonyl (C=O) groups is 3. The zero-order valence-electron chi connectivity index (χ0n) is 13.4. The minimum atomic E-state index is -0.157. The lowest BCUT2D eigenvalue weighted by Gasteiger charge is -2.29. The van der Waals surface area contributed by atoms with E-state index in [4.69, 9.17) is 0 Å². The fourth-order valence-electron chi connectivity index (χ4n) is 4.47. The Hall–Kier alpha value is -1.39. The fraction of sp³-hybridized carbons (Fsp3) is 0.824. The molecule has 0 aromatic rings. The molecule has 1 saturated heterocycles. The van der Waals surface area contributed by atoms with E-state index in [2.05, 4.69) is 0 Å². The summed E-state index contributed by atoms with van der Waals surface area (Å²) in [5.41, 5.74) is 0. The molecule has 2 unspecified atom stereocenters. The Balaban J connectivity index is 1.67. The Morgan fingerprint density at radius 2 is 1.50 bits per heavy atom. The largest absolute Gasteiger partial charge is 0.338 e. The van der Waals surface area contributed by atoms with Crippen molar-refractivity contribution in [1.29, 1.82) is 0 Å². The van der Waals surface area contributed by atoms with Crippen molar-refractivity contribution in [3.05, 3.63) is 0 Å². The number of rotatable bonds is 4. The third-order valence-electron chi connectivity index (χ3n) is 5.65. The predicted molar refractivity (Wildman–Crippen MR) is 81.8 cm³/mol. The van der Waals surface area contributed by atoms with E-state index in [9.17, 15) is 14.4 Å². The van der Waals surface area contributed by atoms with Gasteiger partial charge in [-0.15, -0.1) is 0 Å². The first-order valence-electron chi connectivity index (χ1n) is 8.78. The summed E-state index contributed by atoms with van der Waals surface area (Å²) in [6.07, 6.45) is 8.08. The van der Waals surface area contributed by atoms with Crippen molar-refractivity contribution in [1.82, 2.24) is 9.80 Å². The lowest BCUT2D eigenvalue weighted by atomic mass is 9.81. The van der Waals surface area contributed by atoms with Gasteiger partial charge in [0.2, 0.25) is 17.7 Å². The highest BCUT2D eigenvalue weighted by Gasteiger charge is 2.48. The first kappa shape index (κ1) is 15.5. The van der Waals surface area contributed by atoms with Gasteiger partial charge >= 0.3 is 0 Å². The van der Waals surface area contributed by atoms with Crippen LogP contribution in [0.5, 0.6) is 0 Å². The van der Waals surface area contributed by atoms with Gasteiger partial charge in [-0.3, -0.25) is 19.3 Å². The topological polar surface area (TPSA) is 57.7 Å². The van der Waals surface area contributed by atoms with E-state index in [0.717, 1.165) is 38.5 Å². The molecule has 122 valence electrons. The quantitative estimate of drug-likeness (QED) is 0.746. The van der Waals surface area contributed by atoms with E-state index in [1.807, 2.05) is 11.8 Å². The molecule has 2 aliphatic carbocycles. The summed E-state index contributed by atoms with van der Waals surface area (Å²) in [6, 6.07) is 0.299. The third-order valence-corrected chi connectivity index (χ3v) is 5.65. The van der Waals surface area contributed by atoms with Crippen molar-refractivity contribution < 1.29 is 14.4 Å². The van der Waals surface area contributed by atoms with Gasteiger partial charge in [-0.1, -0.05) is 25.7 Å². The van der Waals surface area contributed by atoms with Crippen molar-refractivity contribution in [3.8, 4) is 0 Å². The summed E-state index contributed by atoms with van der Waals surface area (Å²) in [7, 11) is 0. The van der Waals surface area contributed by atoms with Crippen LogP contribution in [0.2, 0.25) is 0 Å². The maximum atomic E-state index is 12.6. The molecule has 22 heavy (non-hydrogen) atoms. The Labute approximate surface area is 132 Å². The number of hydrogen-bond acceptors (Lipinski definition) is 3. The van der Waals surface area contributed by atoms with Gasteiger partial charge in [-0.25, -0.2) is 0 Å². The molecule has 0 spiro atoms. The summed E-state index contributed by atoms with van der Waals surface area (Å²) >= 11 is 0. The standard InChI is InChI=1S/C17H26N2O3/c1-2-18(12-7-3-4-8-12)15(20)11-19-16(21)13-9-5-6-10-14(13)17(19)22/h12-14H,2-11H2,1H3. The van der Waals surface area contributed by atoms with E-state index in [-0.39, 0.29) is 36.1 Å². The first-order valence-corrected chi connectivity index (χ1v) is 8.78. The second-order valence-corrected chi connectivity index (χ2v) is 6.88. The predicted octanol–water partition coefficient (Wildman–Crippen LogP) is 1.95. The lowest BCUT2D eigenvalue weighted by molar-refractivity contribution is -0.147. The van der Waals surface area contributed by atoms with Crippen LogP contribution < -0.4 is 0 Å². The lowest BCUT2D eigenvalue weighted by Crippen LogP contribution is -2.46. The van der Waals surface area contributed by atoms with Gasteiger partial charge in [0.1, 0.15) is 6.54 Å². The second-order valence-electron chi connectivity index (χ2n) is 6.88. The van der Waals surface area contributed by atoms with Crippen LogP contribution in [0.15, 0.2) is 0 Å². The van der Waals surface area contributed by atoms with E-state index >= 15 is 0 Å². The summed E-state index contributed by atoms with van der Waals surface area (Å²) in [5, 5.41) is 0. The highest BCUT2D eigenvalue weighted by Crippen LogP contribution is 2.38. The van der Waals surface area contributed by atoms with Crippen LogP contribution in [0.1, 0.15) is 58.3 Å². The molecule has 2 atom stereocenters. The number of likely N-dealkylation sites (N-methyl/N-ethyl adjacent to an activating group) is 1. The molecule has 0 aromatic heterocycles. The normalized spacial score (nSPS) is 29.0. The third kappa shape index (κ3) is 2.66. The molecular formula is C17H26N2O3. The number of likely N-dealkylation sites (tertiary alicyclic amines) is 1. The van der Waals surface area contributed by atoms with Crippen LogP contribution in [0.4, 0.5) is 0 Å². The molecule has 3 aliphatic rings. The average molecular weight is 306 g/mol. The Bertz CT molecular complexity index is 447. The summed E-state index contributed by atoms with van der Waals surface area (Å²) in [4.78, 5) is 40.6. The number of fused-ring (bicyclic) bond motifs is 1. The van der Waals surface area contributed by atoms with Gasteiger partial charge in [-0.2, -0.15) is 0 Å². The average Bonchev–Trinajstić information content (AvgIpc) is 3.12. The Morgan fingerprint density at radius 1 is 1.00 bits per heavy atom. The number of imide groups is 1. The molecule has 1 heterocycles. The van der Waals surface area contributed by atoms with Crippen LogP contribution in [0.25, 0.3) is 0 Å². The highest BCUT2D eigenvalue weighted by atomic mass is 16.2. The molecule has 3 rings (SSSR count). The molecule has 0 bridgehead atoms. The number of hydrogen-bond donors (Lipinski definition) is 0.